The highest BCUT2D eigenvalue weighted by molar-refractivity contribution is 9.10. The zero-order valence-corrected chi connectivity index (χ0v) is 13.0. The molecule has 0 atom stereocenters. The van der Waals surface area contributed by atoms with E-state index in [9.17, 15) is 9.18 Å². The number of aromatic nitrogens is 2. The third kappa shape index (κ3) is 2.29. The largest absolute Gasteiger partial charge is 0.310 e. The molecule has 20 heavy (non-hydrogen) atoms. The predicted octanol–water partition coefficient (Wildman–Crippen LogP) is 4.18. The average molecular weight is 358 g/mol. The maximum atomic E-state index is 14.3. The number of halogens is 3. The van der Waals surface area contributed by atoms with Crippen LogP contribution in [0.25, 0.3) is 11.3 Å². The molecule has 1 N–H and O–H groups in total. The summed E-state index contributed by atoms with van der Waals surface area (Å²) >= 11 is 9.08. The minimum absolute atomic E-state index is 0.00282. The standard InChI is InChI=1S/C14H11BrClFN2O/c1-6-12(8-4-5-9(15)10(16)11(8)17)18-13(7-2-3-7)19-14(6)20/h4-5,7H,2-3H2,1H3,(H,18,19,20). The lowest BCUT2D eigenvalue weighted by Gasteiger charge is -2.10. The summed E-state index contributed by atoms with van der Waals surface area (Å²) in [5.41, 5.74) is 0.785. The van der Waals surface area contributed by atoms with E-state index in [1.807, 2.05) is 0 Å². The van der Waals surface area contributed by atoms with Gasteiger partial charge in [0.2, 0.25) is 0 Å². The van der Waals surface area contributed by atoms with E-state index in [1.54, 1.807) is 19.1 Å². The zero-order valence-electron chi connectivity index (χ0n) is 10.6. The Morgan fingerprint density at radius 2 is 2.15 bits per heavy atom. The summed E-state index contributed by atoms with van der Waals surface area (Å²) in [6.07, 6.45) is 2.02. The molecule has 104 valence electrons. The van der Waals surface area contributed by atoms with Gasteiger partial charge in [-0.15, -0.1) is 0 Å². The van der Waals surface area contributed by atoms with Crippen molar-refractivity contribution in [2.45, 2.75) is 25.7 Å². The quantitative estimate of drug-likeness (QED) is 0.820. The van der Waals surface area contributed by atoms with Crippen LogP contribution >= 0.6 is 27.5 Å². The van der Waals surface area contributed by atoms with Crippen molar-refractivity contribution in [2.24, 2.45) is 0 Å². The average Bonchev–Trinajstić information content (AvgIpc) is 3.24. The maximum absolute atomic E-state index is 14.3. The molecule has 0 bridgehead atoms. The Kier molecular flexibility index (Phi) is 3.42. The van der Waals surface area contributed by atoms with Gasteiger partial charge in [0.1, 0.15) is 5.82 Å². The maximum Gasteiger partial charge on any atom is 0.254 e. The lowest BCUT2D eigenvalue weighted by atomic mass is 10.1. The molecular weight excluding hydrogens is 347 g/mol. The van der Waals surface area contributed by atoms with E-state index in [4.69, 9.17) is 11.6 Å². The van der Waals surface area contributed by atoms with E-state index in [0.29, 0.717) is 21.6 Å². The fourth-order valence-electron chi connectivity index (χ4n) is 2.07. The molecule has 1 aromatic heterocycles. The van der Waals surface area contributed by atoms with Crippen LogP contribution in [0.1, 0.15) is 30.1 Å². The molecular formula is C14H11BrClFN2O. The van der Waals surface area contributed by atoms with E-state index in [0.717, 1.165) is 12.8 Å². The molecule has 0 unspecified atom stereocenters. The predicted molar refractivity (Wildman–Crippen MR) is 79.7 cm³/mol. The molecule has 1 aliphatic carbocycles. The van der Waals surface area contributed by atoms with Gasteiger partial charge in [0.15, 0.2) is 5.82 Å². The molecule has 3 rings (SSSR count). The number of nitrogens with one attached hydrogen (secondary N) is 1. The summed E-state index contributed by atoms with van der Waals surface area (Å²) in [6, 6.07) is 3.23. The van der Waals surface area contributed by atoms with Gasteiger partial charge in [-0.05, 0) is 47.8 Å². The van der Waals surface area contributed by atoms with Gasteiger partial charge in [0, 0.05) is 21.5 Å². The molecule has 0 spiro atoms. The van der Waals surface area contributed by atoms with E-state index >= 15 is 0 Å². The molecule has 0 aliphatic heterocycles. The fraction of sp³-hybridized carbons (Fsp3) is 0.286. The number of aromatic amines is 1. The lowest BCUT2D eigenvalue weighted by molar-refractivity contribution is 0.629. The normalized spacial score (nSPS) is 14.6. The van der Waals surface area contributed by atoms with Crippen molar-refractivity contribution in [3.8, 4) is 11.3 Å². The van der Waals surface area contributed by atoms with Crippen molar-refractivity contribution in [3.05, 3.63) is 49.2 Å². The topological polar surface area (TPSA) is 45.8 Å². The number of benzene rings is 1. The van der Waals surface area contributed by atoms with Crippen molar-refractivity contribution >= 4 is 27.5 Å². The van der Waals surface area contributed by atoms with Crippen LogP contribution in [-0.4, -0.2) is 9.97 Å². The van der Waals surface area contributed by atoms with E-state index < -0.39 is 5.82 Å². The second-order valence-corrected chi connectivity index (χ2v) is 6.15. The molecule has 3 nitrogen and oxygen atoms in total. The first kappa shape index (κ1) is 13.8. The van der Waals surface area contributed by atoms with Crippen molar-refractivity contribution in [3.63, 3.8) is 0 Å². The van der Waals surface area contributed by atoms with Crippen LogP contribution in [0, 0.1) is 12.7 Å². The number of hydrogen-bond acceptors (Lipinski definition) is 2. The Labute approximate surface area is 128 Å². The second-order valence-electron chi connectivity index (χ2n) is 4.92. The summed E-state index contributed by atoms with van der Waals surface area (Å²) in [4.78, 5) is 19.2. The van der Waals surface area contributed by atoms with Gasteiger partial charge >= 0.3 is 0 Å². The SMILES string of the molecule is Cc1c(-c2ccc(Br)c(Cl)c2F)nc(C2CC2)[nH]c1=O. The first-order valence-corrected chi connectivity index (χ1v) is 7.41. The number of nitrogens with zero attached hydrogens (tertiary/aromatic N) is 1. The second kappa shape index (κ2) is 4.97. The Bertz CT molecular complexity index is 756. The first-order chi connectivity index (χ1) is 9.49. The van der Waals surface area contributed by atoms with Crippen LogP contribution in [0.3, 0.4) is 0 Å². The Morgan fingerprint density at radius 1 is 1.45 bits per heavy atom. The highest BCUT2D eigenvalue weighted by atomic mass is 79.9. The monoisotopic (exact) mass is 356 g/mol. The summed E-state index contributed by atoms with van der Waals surface area (Å²) in [5.74, 6) is 0.356. The molecule has 1 aliphatic rings. The molecule has 0 radical (unpaired) electrons. The number of H-pyrrole nitrogens is 1. The molecule has 1 heterocycles. The molecule has 1 fully saturated rings. The third-order valence-corrected chi connectivity index (χ3v) is 4.68. The highest BCUT2D eigenvalue weighted by Crippen LogP contribution is 2.39. The van der Waals surface area contributed by atoms with Gasteiger partial charge in [-0.1, -0.05) is 11.6 Å². The van der Waals surface area contributed by atoms with Crippen molar-refractivity contribution in [1.29, 1.82) is 0 Å². The number of rotatable bonds is 2. The van der Waals surface area contributed by atoms with Crippen LogP contribution < -0.4 is 5.56 Å². The summed E-state index contributed by atoms with van der Waals surface area (Å²) in [7, 11) is 0. The van der Waals surface area contributed by atoms with Crippen LogP contribution in [0.2, 0.25) is 5.02 Å². The fourth-order valence-corrected chi connectivity index (χ4v) is 2.54. The van der Waals surface area contributed by atoms with Crippen molar-refractivity contribution in [2.75, 3.05) is 0 Å². The van der Waals surface area contributed by atoms with Gasteiger partial charge in [-0.25, -0.2) is 9.37 Å². The van der Waals surface area contributed by atoms with Crippen LogP contribution in [0.5, 0.6) is 0 Å². The zero-order chi connectivity index (χ0) is 14.4. The summed E-state index contributed by atoms with van der Waals surface area (Å²) < 4.78 is 14.8. The van der Waals surface area contributed by atoms with E-state index in [1.165, 1.54) is 0 Å². The Morgan fingerprint density at radius 3 is 2.80 bits per heavy atom. The molecule has 6 heteroatoms. The van der Waals surface area contributed by atoms with Crippen molar-refractivity contribution in [1.82, 2.24) is 9.97 Å². The highest BCUT2D eigenvalue weighted by Gasteiger charge is 2.28. The summed E-state index contributed by atoms with van der Waals surface area (Å²) in [5, 5.41) is -0.00282. The van der Waals surface area contributed by atoms with E-state index in [-0.39, 0.29) is 22.1 Å². The lowest BCUT2D eigenvalue weighted by Crippen LogP contribution is -2.16. The van der Waals surface area contributed by atoms with Gasteiger partial charge < -0.3 is 4.98 Å². The van der Waals surface area contributed by atoms with Gasteiger partial charge in [-0.2, -0.15) is 0 Å². The molecule has 2 aromatic rings. The molecule has 0 amide bonds. The minimum atomic E-state index is -0.566. The minimum Gasteiger partial charge on any atom is -0.310 e. The smallest absolute Gasteiger partial charge is 0.254 e. The third-order valence-electron chi connectivity index (χ3n) is 3.42. The van der Waals surface area contributed by atoms with Crippen LogP contribution in [-0.2, 0) is 0 Å². The van der Waals surface area contributed by atoms with Gasteiger partial charge in [-0.3, -0.25) is 4.79 Å². The molecule has 1 aromatic carbocycles. The van der Waals surface area contributed by atoms with Crippen LogP contribution in [0.4, 0.5) is 4.39 Å². The summed E-state index contributed by atoms with van der Waals surface area (Å²) in [6.45, 7) is 1.63. The molecule has 1 saturated carbocycles. The molecule has 0 saturated heterocycles. The Hall–Kier alpha value is -1.20. The van der Waals surface area contributed by atoms with Gasteiger partial charge in [0.05, 0.1) is 10.7 Å². The Balaban J connectivity index is 2.24. The van der Waals surface area contributed by atoms with Gasteiger partial charge in [0.25, 0.3) is 5.56 Å². The van der Waals surface area contributed by atoms with Crippen LogP contribution in [0.15, 0.2) is 21.4 Å². The first-order valence-electron chi connectivity index (χ1n) is 6.23. The number of hydrogen-bond donors (Lipinski definition) is 1. The van der Waals surface area contributed by atoms with E-state index in [2.05, 4.69) is 25.9 Å². The van der Waals surface area contributed by atoms with Crippen molar-refractivity contribution < 1.29 is 4.39 Å².